The third kappa shape index (κ3) is 5.64. The summed E-state index contributed by atoms with van der Waals surface area (Å²) in [6.07, 6.45) is 2.62. The summed E-state index contributed by atoms with van der Waals surface area (Å²) in [5.74, 6) is 0.712. The summed E-state index contributed by atoms with van der Waals surface area (Å²) in [4.78, 5) is 23.6. The van der Waals surface area contributed by atoms with E-state index in [1.165, 1.54) is 19.2 Å². The number of aliphatic hydroxyl groups excluding tert-OH is 1. The first-order chi connectivity index (χ1) is 14.9. The standard InChI is InChI=1S/C22H27N3O6/c1-30-20-10-3-14(11-21(20)31-2)13-23-22(27)18-12-16(25(28)29)6-9-19(18)24-15-4-7-17(26)8-5-15/h3,6,9-12,15,17,24,26H,4-5,7-8,13H2,1-2H3,(H,23,27)/t15-,17-. The molecule has 0 saturated heterocycles. The van der Waals surface area contributed by atoms with Crippen LogP contribution in [0.5, 0.6) is 11.5 Å². The molecule has 0 heterocycles. The number of methoxy groups -OCH3 is 2. The number of aliphatic hydroxyl groups is 1. The number of nitrogens with one attached hydrogen (secondary N) is 2. The molecule has 3 rings (SSSR count). The van der Waals surface area contributed by atoms with Gasteiger partial charge in [0.1, 0.15) is 0 Å². The van der Waals surface area contributed by atoms with Crippen LogP contribution < -0.4 is 20.1 Å². The fourth-order valence-electron chi connectivity index (χ4n) is 3.67. The van der Waals surface area contributed by atoms with Crippen LogP contribution in [0.25, 0.3) is 0 Å². The van der Waals surface area contributed by atoms with E-state index in [2.05, 4.69) is 10.6 Å². The number of carbonyl (C=O) groups excluding carboxylic acids is 1. The van der Waals surface area contributed by atoms with E-state index < -0.39 is 10.8 Å². The van der Waals surface area contributed by atoms with Gasteiger partial charge in [0.15, 0.2) is 11.5 Å². The highest BCUT2D eigenvalue weighted by atomic mass is 16.6. The van der Waals surface area contributed by atoms with Crippen molar-refractivity contribution >= 4 is 17.3 Å². The van der Waals surface area contributed by atoms with E-state index in [1.807, 2.05) is 6.07 Å². The van der Waals surface area contributed by atoms with Gasteiger partial charge in [0.2, 0.25) is 0 Å². The lowest BCUT2D eigenvalue weighted by atomic mass is 9.92. The Bertz CT molecular complexity index is 941. The largest absolute Gasteiger partial charge is 0.493 e. The zero-order valence-corrected chi connectivity index (χ0v) is 17.6. The van der Waals surface area contributed by atoms with Crippen molar-refractivity contribution < 1.29 is 24.3 Å². The lowest BCUT2D eigenvalue weighted by Crippen LogP contribution is -2.30. The molecule has 2 aromatic rings. The molecule has 1 amide bonds. The van der Waals surface area contributed by atoms with Crippen molar-refractivity contribution in [1.29, 1.82) is 0 Å². The van der Waals surface area contributed by atoms with Gasteiger partial charge in [-0.2, -0.15) is 0 Å². The van der Waals surface area contributed by atoms with Gasteiger partial charge in [-0.1, -0.05) is 6.07 Å². The second-order valence-electron chi connectivity index (χ2n) is 7.51. The number of carbonyl (C=O) groups is 1. The molecule has 1 aliphatic carbocycles. The fraction of sp³-hybridized carbons (Fsp3) is 0.409. The molecular formula is C22H27N3O6. The van der Waals surface area contributed by atoms with Gasteiger partial charge < -0.3 is 25.2 Å². The van der Waals surface area contributed by atoms with Gasteiger partial charge in [-0.05, 0) is 49.4 Å². The number of ether oxygens (including phenoxy) is 2. The second kappa shape index (κ2) is 10.1. The maximum Gasteiger partial charge on any atom is 0.270 e. The van der Waals surface area contributed by atoms with E-state index in [1.54, 1.807) is 25.3 Å². The maximum atomic E-state index is 12.9. The van der Waals surface area contributed by atoms with Crippen LogP contribution in [0.4, 0.5) is 11.4 Å². The van der Waals surface area contributed by atoms with E-state index in [0.717, 1.165) is 18.4 Å². The van der Waals surface area contributed by atoms with E-state index in [9.17, 15) is 20.0 Å². The molecule has 3 N–H and O–H groups in total. The summed E-state index contributed by atoms with van der Waals surface area (Å²) in [6.45, 7) is 0.219. The Morgan fingerprint density at radius 2 is 1.81 bits per heavy atom. The maximum absolute atomic E-state index is 12.9. The molecule has 0 spiro atoms. The highest BCUT2D eigenvalue weighted by Gasteiger charge is 2.22. The summed E-state index contributed by atoms with van der Waals surface area (Å²) < 4.78 is 10.5. The molecule has 9 nitrogen and oxygen atoms in total. The first-order valence-corrected chi connectivity index (χ1v) is 10.1. The Morgan fingerprint density at radius 3 is 2.45 bits per heavy atom. The van der Waals surface area contributed by atoms with E-state index in [0.29, 0.717) is 30.0 Å². The van der Waals surface area contributed by atoms with Crippen LogP contribution in [-0.2, 0) is 6.54 Å². The zero-order chi connectivity index (χ0) is 22.4. The summed E-state index contributed by atoms with van der Waals surface area (Å²) in [5.41, 5.74) is 1.39. The van der Waals surface area contributed by atoms with Crippen molar-refractivity contribution in [1.82, 2.24) is 5.32 Å². The summed E-state index contributed by atoms with van der Waals surface area (Å²) in [5, 5.41) is 27.1. The minimum atomic E-state index is -0.522. The first kappa shape index (κ1) is 22.4. The van der Waals surface area contributed by atoms with E-state index in [-0.39, 0.29) is 29.9 Å². The lowest BCUT2D eigenvalue weighted by molar-refractivity contribution is -0.384. The predicted octanol–water partition coefficient (Wildman–Crippen LogP) is 3.26. The normalized spacial score (nSPS) is 18.2. The van der Waals surface area contributed by atoms with Gasteiger partial charge in [-0.25, -0.2) is 0 Å². The number of nitro benzene ring substituents is 1. The molecular weight excluding hydrogens is 402 g/mol. The topological polar surface area (TPSA) is 123 Å². The molecule has 9 heteroatoms. The molecule has 1 aliphatic rings. The lowest BCUT2D eigenvalue weighted by Gasteiger charge is -2.27. The Morgan fingerprint density at radius 1 is 1.10 bits per heavy atom. The van der Waals surface area contributed by atoms with E-state index in [4.69, 9.17) is 9.47 Å². The van der Waals surface area contributed by atoms with Crippen molar-refractivity contribution in [2.24, 2.45) is 0 Å². The van der Waals surface area contributed by atoms with Crippen LogP contribution in [-0.4, -0.2) is 42.3 Å². The molecule has 166 valence electrons. The second-order valence-corrected chi connectivity index (χ2v) is 7.51. The minimum Gasteiger partial charge on any atom is -0.493 e. The Balaban J connectivity index is 1.76. The SMILES string of the molecule is COc1ccc(CNC(=O)c2cc([N+](=O)[O-])ccc2N[C@H]2CC[C@H](O)CC2)cc1OC. The number of hydrogen-bond acceptors (Lipinski definition) is 7. The summed E-state index contributed by atoms with van der Waals surface area (Å²) in [7, 11) is 3.08. The Hall–Kier alpha value is -3.33. The molecule has 0 radical (unpaired) electrons. The van der Waals surface area contributed by atoms with Crippen molar-refractivity contribution in [2.45, 2.75) is 44.4 Å². The number of nitro groups is 1. The summed E-state index contributed by atoms with van der Waals surface area (Å²) in [6, 6.07) is 9.64. The number of amides is 1. The van der Waals surface area contributed by atoms with Crippen LogP contribution in [0.2, 0.25) is 0 Å². The molecule has 31 heavy (non-hydrogen) atoms. The van der Waals surface area contributed by atoms with Gasteiger partial charge in [0.05, 0.1) is 30.8 Å². The summed E-state index contributed by atoms with van der Waals surface area (Å²) >= 11 is 0. The first-order valence-electron chi connectivity index (χ1n) is 10.1. The quantitative estimate of drug-likeness (QED) is 0.435. The highest BCUT2D eigenvalue weighted by molar-refractivity contribution is 6.00. The van der Waals surface area contributed by atoms with E-state index >= 15 is 0 Å². The number of hydrogen-bond donors (Lipinski definition) is 3. The van der Waals surface area contributed by atoms with Crippen molar-refractivity contribution in [3.8, 4) is 11.5 Å². The molecule has 0 unspecified atom stereocenters. The van der Waals surface area contributed by atoms with Crippen LogP contribution in [0, 0.1) is 10.1 Å². The van der Waals surface area contributed by atoms with Gasteiger partial charge in [-0.3, -0.25) is 14.9 Å². The molecule has 2 aromatic carbocycles. The van der Waals surface area contributed by atoms with Gasteiger partial charge in [0.25, 0.3) is 11.6 Å². The zero-order valence-electron chi connectivity index (χ0n) is 17.6. The third-order valence-corrected chi connectivity index (χ3v) is 5.42. The average Bonchev–Trinajstić information content (AvgIpc) is 2.78. The molecule has 1 saturated carbocycles. The molecule has 1 fully saturated rings. The smallest absolute Gasteiger partial charge is 0.270 e. The number of nitrogens with zero attached hydrogens (tertiary/aromatic N) is 1. The molecule has 0 bridgehead atoms. The Kier molecular flexibility index (Phi) is 7.30. The van der Waals surface area contributed by atoms with Crippen molar-refractivity contribution in [3.63, 3.8) is 0 Å². The number of non-ortho nitro benzene ring substituents is 1. The number of benzene rings is 2. The minimum absolute atomic E-state index is 0.0993. The van der Waals surface area contributed by atoms with Crippen molar-refractivity contribution in [3.05, 3.63) is 57.6 Å². The molecule has 0 aromatic heterocycles. The Labute approximate surface area is 180 Å². The molecule has 0 aliphatic heterocycles. The average molecular weight is 429 g/mol. The third-order valence-electron chi connectivity index (χ3n) is 5.42. The molecule has 0 atom stereocenters. The monoisotopic (exact) mass is 429 g/mol. The van der Waals surface area contributed by atoms with Crippen LogP contribution in [0.1, 0.15) is 41.6 Å². The van der Waals surface area contributed by atoms with Crippen molar-refractivity contribution in [2.75, 3.05) is 19.5 Å². The van der Waals surface area contributed by atoms with Crippen LogP contribution in [0.15, 0.2) is 36.4 Å². The number of rotatable bonds is 8. The van der Waals surface area contributed by atoms with Crippen LogP contribution in [0.3, 0.4) is 0 Å². The van der Waals surface area contributed by atoms with Gasteiger partial charge in [0, 0.05) is 30.4 Å². The van der Waals surface area contributed by atoms with Gasteiger partial charge in [-0.15, -0.1) is 0 Å². The van der Waals surface area contributed by atoms with Gasteiger partial charge >= 0.3 is 0 Å². The predicted molar refractivity (Wildman–Crippen MR) is 116 cm³/mol. The fourth-order valence-corrected chi connectivity index (χ4v) is 3.67. The highest BCUT2D eigenvalue weighted by Crippen LogP contribution is 2.29. The van der Waals surface area contributed by atoms with Crippen LogP contribution >= 0.6 is 0 Å². The number of anilines is 1.